The highest BCUT2D eigenvalue weighted by Crippen LogP contribution is 2.04. The third-order valence-corrected chi connectivity index (χ3v) is 4.41. The number of benzene rings is 2. The van der Waals surface area contributed by atoms with Gasteiger partial charge in [0.25, 0.3) is 11.1 Å². The van der Waals surface area contributed by atoms with Crippen LogP contribution in [-0.4, -0.2) is 45.4 Å². The molecule has 140 valence electrons. The van der Waals surface area contributed by atoms with Gasteiger partial charge in [-0.15, -0.1) is 0 Å². The van der Waals surface area contributed by atoms with Crippen LogP contribution in [0.5, 0.6) is 0 Å². The third-order valence-electron chi connectivity index (χ3n) is 4.41. The van der Waals surface area contributed by atoms with E-state index in [1.807, 2.05) is 30.3 Å². The molecule has 0 saturated carbocycles. The first-order chi connectivity index (χ1) is 13.1. The number of carbonyl (C=O) groups is 1. The third kappa shape index (κ3) is 4.32. The number of nitrogens with one attached hydrogen (secondary N) is 1. The number of hydrogen-bond acceptors (Lipinski definition) is 4. The Morgan fingerprint density at radius 2 is 1.63 bits per heavy atom. The Morgan fingerprint density at radius 3 is 2.33 bits per heavy atom. The van der Waals surface area contributed by atoms with E-state index in [0.717, 1.165) is 10.2 Å². The van der Waals surface area contributed by atoms with Crippen LogP contribution in [0.4, 0.5) is 0 Å². The summed E-state index contributed by atoms with van der Waals surface area (Å²) < 4.78 is 1.03. The van der Waals surface area contributed by atoms with Crippen LogP contribution in [0.2, 0.25) is 0 Å². The molecule has 2 N–H and O–H groups in total. The molecule has 1 aromatic heterocycles. The lowest BCUT2D eigenvalue weighted by Crippen LogP contribution is -2.41. The molecule has 0 atom stereocenters. The van der Waals surface area contributed by atoms with Gasteiger partial charge < -0.3 is 10.0 Å². The van der Waals surface area contributed by atoms with Crippen molar-refractivity contribution in [1.82, 2.24) is 14.7 Å². The van der Waals surface area contributed by atoms with Crippen molar-refractivity contribution in [2.75, 3.05) is 19.7 Å². The Balaban J connectivity index is 1.79. The van der Waals surface area contributed by atoms with Crippen LogP contribution >= 0.6 is 0 Å². The molecule has 1 heterocycles. The van der Waals surface area contributed by atoms with E-state index in [4.69, 9.17) is 0 Å². The summed E-state index contributed by atoms with van der Waals surface area (Å²) in [5.74, 6) is -0.340. The Bertz CT molecular complexity index is 1040. The van der Waals surface area contributed by atoms with E-state index in [2.05, 4.69) is 5.10 Å². The first-order valence-electron chi connectivity index (χ1n) is 8.74. The number of amides is 1. The van der Waals surface area contributed by atoms with Crippen molar-refractivity contribution < 1.29 is 9.90 Å². The van der Waals surface area contributed by atoms with Gasteiger partial charge in [0.2, 0.25) is 5.91 Å². The van der Waals surface area contributed by atoms with Crippen LogP contribution in [0.15, 0.2) is 64.2 Å². The molecule has 0 aliphatic rings. The fraction of sp³-hybridized carbons (Fsp3) is 0.250. The van der Waals surface area contributed by atoms with Crippen molar-refractivity contribution in [3.8, 4) is 0 Å². The zero-order valence-electron chi connectivity index (χ0n) is 14.8. The van der Waals surface area contributed by atoms with E-state index in [1.165, 1.54) is 4.90 Å². The summed E-state index contributed by atoms with van der Waals surface area (Å²) in [6.07, 6.45) is 0.635. The number of carbonyl (C=O) groups excluding carboxylic acids is 1. The predicted molar refractivity (Wildman–Crippen MR) is 103 cm³/mol. The maximum atomic E-state index is 12.7. The summed E-state index contributed by atoms with van der Waals surface area (Å²) in [5, 5.41) is 12.3. The Labute approximate surface area is 155 Å². The van der Waals surface area contributed by atoms with Crippen molar-refractivity contribution in [2.24, 2.45) is 0 Å². The van der Waals surface area contributed by atoms with Crippen molar-refractivity contribution >= 4 is 16.7 Å². The first-order valence-corrected chi connectivity index (χ1v) is 8.74. The maximum Gasteiger partial charge on any atom is 0.273 e. The molecule has 1 amide bonds. The summed E-state index contributed by atoms with van der Waals surface area (Å²) >= 11 is 0. The molecule has 0 radical (unpaired) electrons. The summed E-state index contributed by atoms with van der Waals surface area (Å²) in [4.78, 5) is 38.9. The minimum Gasteiger partial charge on any atom is -0.395 e. The highest BCUT2D eigenvalue weighted by Gasteiger charge is 2.16. The molecule has 3 aromatic rings. The zero-order chi connectivity index (χ0) is 19.2. The van der Waals surface area contributed by atoms with E-state index in [0.29, 0.717) is 18.4 Å². The normalized spacial score (nSPS) is 10.9. The second kappa shape index (κ2) is 8.46. The Morgan fingerprint density at radius 1 is 0.963 bits per heavy atom. The number of aromatic amines is 1. The van der Waals surface area contributed by atoms with E-state index in [9.17, 15) is 19.5 Å². The molecule has 0 saturated heterocycles. The molecule has 0 fully saturated rings. The topological polar surface area (TPSA) is 95.4 Å². The fourth-order valence-corrected chi connectivity index (χ4v) is 2.98. The van der Waals surface area contributed by atoms with Gasteiger partial charge in [0.05, 0.1) is 17.4 Å². The number of H-pyrrole nitrogens is 1. The van der Waals surface area contributed by atoms with Gasteiger partial charge in [-0.25, -0.2) is 4.68 Å². The molecule has 3 rings (SSSR count). The van der Waals surface area contributed by atoms with Crippen LogP contribution in [0.1, 0.15) is 5.56 Å². The average molecular weight is 367 g/mol. The largest absolute Gasteiger partial charge is 0.395 e. The molecule has 0 unspecified atom stereocenters. The van der Waals surface area contributed by atoms with Crippen LogP contribution in [0.3, 0.4) is 0 Å². The Hall–Kier alpha value is -3.19. The minimum absolute atomic E-state index is 0.165. The highest BCUT2D eigenvalue weighted by atomic mass is 16.3. The number of rotatable bonds is 7. The van der Waals surface area contributed by atoms with Crippen molar-refractivity contribution in [3.05, 3.63) is 80.9 Å². The second-order valence-corrected chi connectivity index (χ2v) is 6.22. The van der Waals surface area contributed by atoms with Gasteiger partial charge in [-0.2, -0.15) is 0 Å². The van der Waals surface area contributed by atoms with Crippen LogP contribution in [0, 0.1) is 0 Å². The van der Waals surface area contributed by atoms with Crippen LogP contribution < -0.4 is 11.1 Å². The van der Waals surface area contributed by atoms with Crippen LogP contribution in [-0.2, 0) is 17.8 Å². The van der Waals surface area contributed by atoms with Crippen molar-refractivity contribution in [2.45, 2.75) is 13.0 Å². The number of aliphatic hydroxyl groups excluding tert-OH is 1. The van der Waals surface area contributed by atoms with Gasteiger partial charge in [-0.05, 0) is 24.1 Å². The van der Waals surface area contributed by atoms with Gasteiger partial charge in [0.1, 0.15) is 6.54 Å². The molecular weight excluding hydrogens is 346 g/mol. The zero-order valence-corrected chi connectivity index (χ0v) is 14.8. The van der Waals surface area contributed by atoms with Gasteiger partial charge in [0.15, 0.2) is 0 Å². The van der Waals surface area contributed by atoms with Gasteiger partial charge >= 0.3 is 0 Å². The molecular formula is C20H21N3O4. The number of fused-ring (bicyclic) bond motifs is 1. The lowest BCUT2D eigenvalue weighted by molar-refractivity contribution is -0.132. The molecule has 0 aliphatic heterocycles. The van der Waals surface area contributed by atoms with Crippen LogP contribution in [0.25, 0.3) is 10.8 Å². The molecule has 2 aromatic carbocycles. The van der Waals surface area contributed by atoms with E-state index < -0.39 is 11.1 Å². The fourth-order valence-electron chi connectivity index (χ4n) is 2.98. The lowest BCUT2D eigenvalue weighted by Gasteiger charge is -2.22. The smallest absolute Gasteiger partial charge is 0.273 e. The number of aromatic nitrogens is 2. The van der Waals surface area contributed by atoms with Gasteiger partial charge in [-0.1, -0.05) is 42.5 Å². The van der Waals surface area contributed by atoms with E-state index in [1.54, 1.807) is 24.3 Å². The van der Waals surface area contributed by atoms with Gasteiger partial charge in [0, 0.05) is 13.1 Å². The average Bonchev–Trinajstić information content (AvgIpc) is 2.70. The molecule has 7 heteroatoms. The summed E-state index contributed by atoms with van der Waals surface area (Å²) in [5.41, 5.74) is 0.228. The van der Waals surface area contributed by atoms with E-state index >= 15 is 0 Å². The summed E-state index contributed by atoms with van der Waals surface area (Å²) in [7, 11) is 0. The monoisotopic (exact) mass is 367 g/mol. The van der Waals surface area contributed by atoms with Crippen molar-refractivity contribution in [1.29, 1.82) is 0 Å². The molecule has 0 spiro atoms. The molecule has 7 nitrogen and oxygen atoms in total. The number of aliphatic hydroxyl groups is 1. The summed E-state index contributed by atoms with van der Waals surface area (Å²) in [6.45, 7) is 0.117. The van der Waals surface area contributed by atoms with Gasteiger partial charge in [-0.3, -0.25) is 19.5 Å². The van der Waals surface area contributed by atoms with E-state index in [-0.39, 0.29) is 31.0 Å². The minimum atomic E-state index is -0.425. The first kappa shape index (κ1) is 18.6. The highest BCUT2D eigenvalue weighted by molar-refractivity contribution is 5.81. The number of hydrogen-bond donors (Lipinski definition) is 2. The lowest BCUT2D eigenvalue weighted by atomic mass is 10.1. The standard InChI is InChI=1S/C20H21N3O4/c24-13-12-22(11-10-15-6-2-1-3-7-15)18(25)14-23-20(27)17-9-5-4-8-16(17)19(26)21-23/h1-9,24H,10-14H2,(H,21,26). The van der Waals surface area contributed by atoms with Crippen molar-refractivity contribution in [3.63, 3.8) is 0 Å². The molecule has 27 heavy (non-hydrogen) atoms. The second-order valence-electron chi connectivity index (χ2n) is 6.22. The Kier molecular flexibility index (Phi) is 5.83. The predicted octanol–water partition coefficient (Wildman–Crippen LogP) is 0.753. The quantitative estimate of drug-likeness (QED) is 0.644. The SMILES string of the molecule is O=C(Cn1[nH]c(=O)c2ccccc2c1=O)N(CCO)CCc1ccccc1. The molecule has 0 aliphatic carbocycles. The number of nitrogens with zero attached hydrogens (tertiary/aromatic N) is 2. The summed E-state index contributed by atoms with van der Waals surface area (Å²) in [6, 6.07) is 16.2. The molecule has 0 bridgehead atoms. The maximum absolute atomic E-state index is 12.7.